The molecule has 43 heavy (non-hydrogen) atoms. The summed E-state index contributed by atoms with van der Waals surface area (Å²) in [5, 5.41) is 1.08. The highest BCUT2D eigenvalue weighted by molar-refractivity contribution is 5.95. The van der Waals surface area contributed by atoms with Crippen molar-refractivity contribution in [3.05, 3.63) is 143 Å². The first-order valence-electron chi connectivity index (χ1n) is 14.4. The summed E-state index contributed by atoms with van der Waals surface area (Å²) in [7, 11) is 0. The van der Waals surface area contributed by atoms with Crippen molar-refractivity contribution in [3.8, 4) is 17.2 Å². The lowest BCUT2D eigenvalue weighted by atomic mass is 10.0. The van der Waals surface area contributed by atoms with E-state index in [1.807, 2.05) is 109 Å². The third-order valence-corrected chi connectivity index (χ3v) is 8.27. The lowest BCUT2D eigenvalue weighted by molar-refractivity contribution is 0.388. The molecule has 0 atom stereocenters. The number of nitrogens with zero attached hydrogens (tertiary/aromatic N) is 2. The SMILES string of the molecule is O=c1c2ccc(N3C4=C(CCC=C4)Oc4ccccc43)cc2oc2cc(N3c4ccccc4Oc4ccccc43)ccc12. The van der Waals surface area contributed by atoms with Gasteiger partial charge in [-0.25, -0.2) is 0 Å². The van der Waals surface area contributed by atoms with Gasteiger partial charge >= 0.3 is 0 Å². The number of fused-ring (bicyclic) bond motifs is 5. The average Bonchev–Trinajstić information content (AvgIpc) is 3.05. The fraction of sp³-hybridized carbons (Fsp3) is 0.0541. The number of hydrogen-bond acceptors (Lipinski definition) is 6. The molecule has 0 unspecified atom stereocenters. The quantitative estimate of drug-likeness (QED) is 0.196. The van der Waals surface area contributed by atoms with Crippen LogP contribution in [-0.2, 0) is 0 Å². The summed E-state index contributed by atoms with van der Waals surface area (Å²) < 4.78 is 19.0. The molecule has 206 valence electrons. The molecule has 0 radical (unpaired) electrons. The number of para-hydroxylation sites is 6. The molecule has 1 aliphatic carbocycles. The van der Waals surface area contributed by atoms with Crippen molar-refractivity contribution in [1.29, 1.82) is 0 Å². The minimum atomic E-state index is -0.0584. The smallest absolute Gasteiger partial charge is 0.200 e. The number of ether oxygens (including phenoxy) is 2. The normalized spacial score (nSPS) is 15.0. The van der Waals surface area contributed by atoms with E-state index >= 15 is 0 Å². The topological polar surface area (TPSA) is 55.2 Å². The second-order valence-corrected chi connectivity index (χ2v) is 10.8. The highest BCUT2D eigenvalue weighted by atomic mass is 16.5. The molecule has 3 aliphatic rings. The number of hydrogen-bond donors (Lipinski definition) is 0. The van der Waals surface area contributed by atoms with Gasteiger partial charge in [0.2, 0.25) is 5.43 Å². The van der Waals surface area contributed by atoms with Crippen molar-refractivity contribution in [2.24, 2.45) is 0 Å². The maximum atomic E-state index is 13.7. The highest BCUT2D eigenvalue weighted by Crippen LogP contribution is 2.50. The Balaban J connectivity index is 1.22. The lowest BCUT2D eigenvalue weighted by Gasteiger charge is -2.35. The summed E-state index contributed by atoms with van der Waals surface area (Å²) in [4.78, 5) is 18.1. The maximum absolute atomic E-state index is 13.7. The van der Waals surface area contributed by atoms with E-state index in [2.05, 4.69) is 22.0 Å². The Hall–Kier alpha value is -5.75. The molecule has 0 saturated carbocycles. The van der Waals surface area contributed by atoms with Gasteiger partial charge in [0.25, 0.3) is 0 Å². The second kappa shape index (κ2) is 9.13. The molecule has 5 aromatic carbocycles. The molecule has 0 saturated heterocycles. The Morgan fingerprint density at radius 2 is 1.12 bits per heavy atom. The van der Waals surface area contributed by atoms with Crippen molar-refractivity contribution < 1.29 is 13.9 Å². The van der Waals surface area contributed by atoms with Gasteiger partial charge in [-0.1, -0.05) is 42.5 Å². The molecule has 2 aliphatic heterocycles. The highest BCUT2D eigenvalue weighted by Gasteiger charge is 2.29. The van der Waals surface area contributed by atoms with Crippen LogP contribution in [0, 0.1) is 0 Å². The zero-order valence-electron chi connectivity index (χ0n) is 23.0. The predicted octanol–water partition coefficient (Wildman–Crippen LogP) is 9.61. The second-order valence-electron chi connectivity index (χ2n) is 10.8. The van der Waals surface area contributed by atoms with Crippen LogP contribution in [-0.4, -0.2) is 0 Å². The summed E-state index contributed by atoms with van der Waals surface area (Å²) in [5.74, 6) is 3.29. The molecule has 6 aromatic rings. The van der Waals surface area contributed by atoms with Crippen LogP contribution in [0.1, 0.15) is 12.8 Å². The minimum absolute atomic E-state index is 0.0584. The predicted molar refractivity (Wildman–Crippen MR) is 169 cm³/mol. The molecule has 0 N–H and O–H groups in total. The van der Waals surface area contributed by atoms with Crippen LogP contribution in [0.15, 0.2) is 142 Å². The van der Waals surface area contributed by atoms with Gasteiger partial charge in [-0.3, -0.25) is 4.79 Å². The Labute approximate surface area is 246 Å². The number of anilines is 5. The summed E-state index contributed by atoms with van der Waals surface area (Å²) in [6.45, 7) is 0. The number of allylic oxidation sites excluding steroid dienone is 3. The third kappa shape index (κ3) is 3.63. The van der Waals surface area contributed by atoms with Gasteiger partial charge in [0.15, 0.2) is 17.2 Å². The van der Waals surface area contributed by atoms with Crippen molar-refractivity contribution in [1.82, 2.24) is 0 Å². The third-order valence-electron chi connectivity index (χ3n) is 8.27. The van der Waals surface area contributed by atoms with Crippen molar-refractivity contribution in [2.45, 2.75) is 12.8 Å². The number of benzene rings is 5. The van der Waals surface area contributed by atoms with Gasteiger partial charge in [0.05, 0.1) is 44.9 Å². The maximum Gasteiger partial charge on any atom is 0.200 e. The molecule has 6 nitrogen and oxygen atoms in total. The van der Waals surface area contributed by atoms with E-state index in [-0.39, 0.29) is 5.43 Å². The summed E-state index contributed by atoms with van der Waals surface area (Å²) >= 11 is 0. The van der Waals surface area contributed by atoms with Crippen LogP contribution in [0.4, 0.5) is 28.4 Å². The van der Waals surface area contributed by atoms with Gasteiger partial charge in [-0.2, -0.15) is 0 Å². The molecule has 6 heteroatoms. The Bertz CT molecular complexity index is 2200. The van der Waals surface area contributed by atoms with Gasteiger partial charge in [-0.15, -0.1) is 0 Å². The molecular formula is C37H24N2O4. The molecule has 0 spiro atoms. The largest absolute Gasteiger partial charge is 0.457 e. The van der Waals surface area contributed by atoms with E-state index in [0.29, 0.717) is 21.9 Å². The van der Waals surface area contributed by atoms with E-state index < -0.39 is 0 Å². The van der Waals surface area contributed by atoms with E-state index in [9.17, 15) is 4.79 Å². The van der Waals surface area contributed by atoms with Crippen LogP contribution >= 0.6 is 0 Å². The van der Waals surface area contributed by atoms with Gasteiger partial charge in [0.1, 0.15) is 16.9 Å². The molecule has 0 amide bonds. The standard InChI is InChI=1S/C37H24N2O4/c40-37-25-19-17-23(38-27-9-1-5-13-31(27)41-32-14-6-2-10-28(32)38)21-35(25)43-36-22-24(18-20-26(36)37)39-29-11-3-7-15-33(29)42-34-16-8-4-12-30(34)39/h1-7,9-15,17-22H,8,16H2. The molecule has 9 rings (SSSR count). The summed E-state index contributed by atoms with van der Waals surface area (Å²) in [6, 6.07) is 35.5. The molecular weight excluding hydrogens is 536 g/mol. The van der Waals surface area contributed by atoms with Crippen LogP contribution in [0.5, 0.6) is 17.2 Å². The number of rotatable bonds is 2. The molecule has 3 heterocycles. The Kier molecular flexibility index (Phi) is 5.07. The minimum Gasteiger partial charge on any atom is -0.457 e. The zero-order valence-corrected chi connectivity index (χ0v) is 23.0. The van der Waals surface area contributed by atoms with Crippen LogP contribution < -0.4 is 24.7 Å². The van der Waals surface area contributed by atoms with E-state index in [1.54, 1.807) is 0 Å². The molecule has 0 fully saturated rings. The van der Waals surface area contributed by atoms with E-state index in [1.165, 1.54) is 0 Å². The van der Waals surface area contributed by atoms with Crippen molar-refractivity contribution >= 4 is 50.4 Å². The first-order valence-corrected chi connectivity index (χ1v) is 14.4. The lowest BCUT2D eigenvalue weighted by Crippen LogP contribution is -2.24. The van der Waals surface area contributed by atoms with Crippen molar-refractivity contribution in [2.75, 3.05) is 9.80 Å². The van der Waals surface area contributed by atoms with Crippen molar-refractivity contribution in [3.63, 3.8) is 0 Å². The van der Waals surface area contributed by atoms with Gasteiger partial charge < -0.3 is 23.7 Å². The summed E-state index contributed by atoms with van der Waals surface area (Å²) in [5.41, 5.74) is 6.55. The fourth-order valence-corrected chi connectivity index (χ4v) is 6.29. The zero-order chi connectivity index (χ0) is 28.5. The van der Waals surface area contributed by atoms with Crippen LogP contribution in [0.2, 0.25) is 0 Å². The van der Waals surface area contributed by atoms with E-state index in [0.717, 1.165) is 70.0 Å². The van der Waals surface area contributed by atoms with Gasteiger partial charge in [0, 0.05) is 18.6 Å². The Morgan fingerprint density at radius 3 is 1.74 bits per heavy atom. The summed E-state index contributed by atoms with van der Waals surface area (Å²) in [6.07, 6.45) is 6.05. The van der Waals surface area contributed by atoms with Crippen LogP contribution in [0.3, 0.4) is 0 Å². The fourth-order valence-electron chi connectivity index (χ4n) is 6.29. The Morgan fingerprint density at radius 1 is 0.581 bits per heavy atom. The molecule has 1 aromatic heterocycles. The van der Waals surface area contributed by atoms with Crippen LogP contribution in [0.25, 0.3) is 21.9 Å². The molecule has 0 bridgehead atoms. The average molecular weight is 561 g/mol. The van der Waals surface area contributed by atoms with Gasteiger partial charge in [-0.05, 0) is 73.2 Å². The monoisotopic (exact) mass is 560 g/mol. The van der Waals surface area contributed by atoms with E-state index in [4.69, 9.17) is 13.9 Å². The first kappa shape index (κ1) is 23.9. The first-order chi connectivity index (χ1) is 21.2.